The third-order valence-corrected chi connectivity index (χ3v) is 6.20. The molecule has 1 aromatic rings. The zero-order valence-electron chi connectivity index (χ0n) is 13.5. The molecule has 2 atom stereocenters. The molecule has 0 saturated carbocycles. The number of likely N-dealkylation sites (N-methyl/N-ethyl adjacent to an activating group) is 1. The minimum atomic E-state index is -3.29. The third-order valence-electron chi connectivity index (χ3n) is 4.90. The number of amides is 1. The Balaban J connectivity index is 1.67. The first-order valence-electron chi connectivity index (χ1n) is 7.99. The molecule has 2 fully saturated rings. The summed E-state index contributed by atoms with van der Waals surface area (Å²) < 4.78 is 25.6. The van der Waals surface area contributed by atoms with Crippen LogP contribution in [0.15, 0.2) is 24.3 Å². The molecule has 0 bridgehead atoms. The summed E-state index contributed by atoms with van der Waals surface area (Å²) in [7, 11) is -1.17. The van der Waals surface area contributed by atoms with Crippen LogP contribution in [0.3, 0.4) is 0 Å². The summed E-state index contributed by atoms with van der Waals surface area (Å²) in [6.45, 7) is 4.30. The summed E-state index contributed by atoms with van der Waals surface area (Å²) in [6, 6.07) is 7.14. The molecule has 0 radical (unpaired) electrons. The van der Waals surface area contributed by atoms with Gasteiger partial charge in [0, 0.05) is 30.4 Å². The molecular formula is C16H23N3O3S. The van der Waals surface area contributed by atoms with Crippen molar-refractivity contribution in [3.63, 3.8) is 0 Å². The Kier molecular flexibility index (Phi) is 4.33. The van der Waals surface area contributed by atoms with Gasteiger partial charge in [-0.05, 0) is 57.1 Å². The van der Waals surface area contributed by atoms with Gasteiger partial charge in [-0.2, -0.15) is 0 Å². The van der Waals surface area contributed by atoms with Crippen LogP contribution in [0, 0.1) is 5.92 Å². The number of hydrogen-bond donors (Lipinski definition) is 1. The summed E-state index contributed by atoms with van der Waals surface area (Å²) >= 11 is 0. The molecule has 0 unspecified atom stereocenters. The first-order chi connectivity index (χ1) is 10.9. The van der Waals surface area contributed by atoms with E-state index in [1.807, 2.05) is 4.90 Å². The van der Waals surface area contributed by atoms with Crippen molar-refractivity contribution < 1.29 is 13.2 Å². The highest BCUT2D eigenvalue weighted by atomic mass is 32.2. The van der Waals surface area contributed by atoms with E-state index in [0.29, 0.717) is 23.2 Å². The number of nitrogens with one attached hydrogen (secondary N) is 1. The van der Waals surface area contributed by atoms with Gasteiger partial charge in [0.2, 0.25) is 10.0 Å². The normalized spacial score (nSPS) is 24.7. The Hall–Kier alpha value is -1.60. The van der Waals surface area contributed by atoms with Gasteiger partial charge in [0.05, 0.1) is 5.75 Å². The quantitative estimate of drug-likeness (QED) is 0.897. The Labute approximate surface area is 137 Å². The fraction of sp³-hybridized carbons (Fsp3) is 0.562. The molecular weight excluding hydrogens is 314 g/mol. The number of anilines is 1. The van der Waals surface area contributed by atoms with Crippen LogP contribution in [0.25, 0.3) is 0 Å². The standard InChI is InChI=1S/C16H23N3O3S/c1-3-23(21,22)17-14-6-4-12(5-7-14)16(20)19-10-13-8-9-18(2)15(13)11-19/h4-7,13,15,17H,3,8-11H2,1-2H3/t13-,15+/m1/s1. The number of benzene rings is 1. The molecule has 2 aliphatic rings. The van der Waals surface area contributed by atoms with Crippen LogP contribution in [0.5, 0.6) is 0 Å². The summed E-state index contributed by atoms with van der Waals surface area (Å²) in [5.41, 5.74) is 1.09. The number of sulfonamides is 1. The molecule has 2 aliphatic heterocycles. The van der Waals surface area contributed by atoms with E-state index in [2.05, 4.69) is 16.7 Å². The number of carbonyl (C=O) groups is 1. The van der Waals surface area contributed by atoms with Crippen LogP contribution in [0.2, 0.25) is 0 Å². The number of fused-ring (bicyclic) bond motifs is 1. The van der Waals surface area contributed by atoms with E-state index in [1.165, 1.54) is 0 Å². The second-order valence-corrected chi connectivity index (χ2v) is 8.40. The lowest BCUT2D eigenvalue weighted by molar-refractivity contribution is 0.0774. The van der Waals surface area contributed by atoms with E-state index in [0.717, 1.165) is 26.1 Å². The summed E-state index contributed by atoms with van der Waals surface area (Å²) in [6.07, 6.45) is 1.16. The van der Waals surface area contributed by atoms with Gasteiger partial charge in [-0.15, -0.1) is 0 Å². The highest BCUT2D eigenvalue weighted by molar-refractivity contribution is 7.92. The molecule has 2 saturated heterocycles. The van der Waals surface area contributed by atoms with Gasteiger partial charge in [0.25, 0.3) is 5.91 Å². The van der Waals surface area contributed by atoms with Gasteiger partial charge in [0.15, 0.2) is 0 Å². The molecule has 0 spiro atoms. The molecule has 7 heteroatoms. The maximum absolute atomic E-state index is 12.6. The van der Waals surface area contributed by atoms with E-state index >= 15 is 0 Å². The summed E-state index contributed by atoms with van der Waals surface area (Å²) in [5, 5.41) is 0. The lowest BCUT2D eigenvalue weighted by atomic mass is 10.1. The van der Waals surface area contributed by atoms with Crippen molar-refractivity contribution in [3.05, 3.63) is 29.8 Å². The van der Waals surface area contributed by atoms with Gasteiger partial charge < -0.3 is 9.80 Å². The predicted octanol–water partition coefficient (Wildman–Crippen LogP) is 1.22. The monoisotopic (exact) mass is 337 g/mol. The van der Waals surface area contributed by atoms with Crippen molar-refractivity contribution in [3.8, 4) is 0 Å². The molecule has 0 aliphatic carbocycles. The third kappa shape index (κ3) is 3.35. The van der Waals surface area contributed by atoms with Crippen molar-refractivity contribution in [2.45, 2.75) is 19.4 Å². The van der Waals surface area contributed by atoms with Gasteiger partial charge in [0.1, 0.15) is 0 Å². The second-order valence-electron chi connectivity index (χ2n) is 6.39. The molecule has 23 heavy (non-hydrogen) atoms. The first-order valence-corrected chi connectivity index (χ1v) is 9.65. The van der Waals surface area contributed by atoms with E-state index in [-0.39, 0.29) is 11.7 Å². The van der Waals surface area contributed by atoms with Crippen LogP contribution >= 0.6 is 0 Å². The van der Waals surface area contributed by atoms with E-state index in [1.54, 1.807) is 31.2 Å². The van der Waals surface area contributed by atoms with Gasteiger partial charge in [-0.3, -0.25) is 9.52 Å². The minimum absolute atomic E-state index is 0.0255. The first kappa shape index (κ1) is 16.3. The van der Waals surface area contributed by atoms with Gasteiger partial charge in [-0.25, -0.2) is 8.42 Å². The summed E-state index contributed by atoms with van der Waals surface area (Å²) in [5.74, 6) is 0.634. The lowest BCUT2D eigenvalue weighted by Crippen LogP contribution is -2.35. The van der Waals surface area contributed by atoms with E-state index in [9.17, 15) is 13.2 Å². The lowest BCUT2D eigenvalue weighted by Gasteiger charge is -2.21. The molecule has 1 aromatic carbocycles. The highest BCUT2D eigenvalue weighted by Crippen LogP contribution is 2.31. The zero-order valence-corrected chi connectivity index (χ0v) is 14.3. The fourth-order valence-corrected chi connectivity index (χ4v) is 4.09. The molecule has 1 N–H and O–H groups in total. The second kappa shape index (κ2) is 6.13. The SMILES string of the molecule is CCS(=O)(=O)Nc1ccc(C(=O)N2C[C@H]3CCN(C)[C@H]3C2)cc1. The van der Waals surface area contributed by atoms with Crippen molar-refractivity contribution in [1.82, 2.24) is 9.80 Å². The van der Waals surface area contributed by atoms with Crippen LogP contribution in [-0.4, -0.2) is 62.6 Å². The Bertz CT molecular complexity index is 687. The number of likely N-dealkylation sites (tertiary alicyclic amines) is 2. The van der Waals surface area contributed by atoms with Crippen LogP contribution in [0.1, 0.15) is 23.7 Å². The minimum Gasteiger partial charge on any atom is -0.337 e. The Morgan fingerprint density at radius 2 is 1.96 bits per heavy atom. The number of rotatable bonds is 4. The van der Waals surface area contributed by atoms with Crippen LogP contribution < -0.4 is 4.72 Å². The molecule has 6 nitrogen and oxygen atoms in total. The van der Waals surface area contributed by atoms with Crippen molar-refractivity contribution in [2.24, 2.45) is 5.92 Å². The van der Waals surface area contributed by atoms with Crippen LogP contribution in [0.4, 0.5) is 5.69 Å². The van der Waals surface area contributed by atoms with Crippen molar-refractivity contribution in [2.75, 3.05) is 37.2 Å². The smallest absolute Gasteiger partial charge is 0.253 e. The average molecular weight is 337 g/mol. The number of carbonyl (C=O) groups excluding carboxylic acids is 1. The largest absolute Gasteiger partial charge is 0.337 e. The Morgan fingerprint density at radius 3 is 2.57 bits per heavy atom. The molecule has 126 valence electrons. The Morgan fingerprint density at radius 1 is 1.26 bits per heavy atom. The van der Waals surface area contributed by atoms with E-state index in [4.69, 9.17) is 0 Å². The number of nitrogens with zero attached hydrogens (tertiary/aromatic N) is 2. The summed E-state index contributed by atoms with van der Waals surface area (Å²) in [4.78, 5) is 16.9. The maximum Gasteiger partial charge on any atom is 0.253 e. The predicted molar refractivity (Wildman–Crippen MR) is 90.0 cm³/mol. The van der Waals surface area contributed by atoms with Gasteiger partial charge >= 0.3 is 0 Å². The van der Waals surface area contributed by atoms with Gasteiger partial charge in [-0.1, -0.05) is 0 Å². The van der Waals surface area contributed by atoms with E-state index < -0.39 is 10.0 Å². The average Bonchev–Trinajstić information content (AvgIpc) is 3.10. The van der Waals surface area contributed by atoms with Crippen LogP contribution in [-0.2, 0) is 10.0 Å². The zero-order chi connectivity index (χ0) is 16.6. The van der Waals surface area contributed by atoms with Crippen molar-refractivity contribution >= 4 is 21.6 Å². The number of hydrogen-bond acceptors (Lipinski definition) is 4. The maximum atomic E-state index is 12.6. The van der Waals surface area contributed by atoms with Crippen molar-refractivity contribution in [1.29, 1.82) is 0 Å². The fourth-order valence-electron chi connectivity index (χ4n) is 3.45. The highest BCUT2D eigenvalue weighted by Gasteiger charge is 2.41. The molecule has 1 amide bonds. The molecule has 0 aromatic heterocycles. The topological polar surface area (TPSA) is 69.7 Å². The molecule has 3 rings (SSSR count). The molecule has 2 heterocycles.